The molecular formula is C12H18O3. The average Bonchev–Trinajstić information content (AvgIpc) is 2.28. The molecule has 0 fully saturated rings. The van der Waals surface area contributed by atoms with E-state index in [4.69, 9.17) is 9.47 Å². The molecule has 1 aromatic carbocycles. The fraction of sp³-hybridized carbons (Fsp3) is 0.500. The summed E-state index contributed by atoms with van der Waals surface area (Å²) < 4.78 is 10.2. The Morgan fingerprint density at radius 1 is 1.27 bits per heavy atom. The number of rotatable bonds is 5. The van der Waals surface area contributed by atoms with Gasteiger partial charge in [-0.15, -0.1) is 0 Å². The highest BCUT2D eigenvalue weighted by molar-refractivity contribution is 5.35. The summed E-state index contributed by atoms with van der Waals surface area (Å²) in [5.74, 6) is 0.763. The lowest BCUT2D eigenvalue weighted by molar-refractivity contribution is 0.0552. The summed E-state index contributed by atoms with van der Waals surface area (Å²) in [7, 11) is 3.23. The Bertz CT molecular complexity index is 299. The zero-order valence-electron chi connectivity index (χ0n) is 9.43. The summed E-state index contributed by atoms with van der Waals surface area (Å²) >= 11 is 0. The molecule has 0 radical (unpaired) electrons. The molecule has 0 aromatic heterocycles. The van der Waals surface area contributed by atoms with E-state index in [0.717, 1.165) is 5.56 Å². The highest BCUT2D eigenvalue weighted by Crippen LogP contribution is 2.29. The van der Waals surface area contributed by atoms with Crippen molar-refractivity contribution >= 4 is 0 Å². The van der Waals surface area contributed by atoms with Crippen molar-refractivity contribution in [1.82, 2.24) is 0 Å². The van der Waals surface area contributed by atoms with Gasteiger partial charge in [-0.2, -0.15) is 0 Å². The largest absolute Gasteiger partial charge is 0.496 e. The van der Waals surface area contributed by atoms with E-state index in [1.54, 1.807) is 14.2 Å². The van der Waals surface area contributed by atoms with Crippen molar-refractivity contribution in [3.8, 4) is 5.75 Å². The van der Waals surface area contributed by atoms with E-state index in [-0.39, 0.29) is 5.92 Å². The van der Waals surface area contributed by atoms with Crippen molar-refractivity contribution in [3.63, 3.8) is 0 Å². The number of aliphatic hydroxyl groups is 1. The standard InChI is InChI=1S/C12H18O3/c1-9(8-14-2)12(13)10-6-4-5-7-11(10)15-3/h4-7,9,12-13H,8H2,1-3H3. The van der Waals surface area contributed by atoms with Crippen LogP contribution in [0.1, 0.15) is 18.6 Å². The van der Waals surface area contributed by atoms with Gasteiger partial charge in [-0.25, -0.2) is 0 Å². The molecule has 3 heteroatoms. The van der Waals surface area contributed by atoms with Crippen molar-refractivity contribution < 1.29 is 14.6 Å². The molecule has 84 valence electrons. The maximum absolute atomic E-state index is 10.1. The first-order valence-corrected chi connectivity index (χ1v) is 5.00. The predicted molar refractivity (Wildman–Crippen MR) is 59.0 cm³/mol. The zero-order valence-corrected chi connectivity index (χ0v) is 9.43. The number of hydrogen-bond acceptors (Lipinski definition) is 3. The molecule has 1 aromatic rings. The zero-order chi connectivity index (χ0) is 11.3. The van der Waals surface area contributed by atoms with Crippen LogP contribution in [0.5, 0.6) is 5.75 Å². The lowest BCUT2D eigenvalue weighted by Gasteiger charge is -2.20. The number of hydrogen-bond donors (Lipinski definition) is 1. The van der Waals surface area contributed by atoms with Gasteiger partial charge in [-0.05, 0) is 6.07 Å². The Balaban J connectivity index is 2.84. The summed E-state index contributed by atoms with van der Waals surface area (Å²) in [6, 6.07) is 7.49. The third kappa shape index (κ3) is 2.94. The third-order valence-corrected chi connectivity index (χ3v) is 2.43. The minimum Gasteiger partial charge on any atom is -0.496 e. The van der Waals surface area contributed by atoms with E-state index < -0.39 is 6.10 Å². The Kier molecular flexibility index (Phi) is 4.59. The minimum atomic E-state index is -0.555. The number of aliphatic hydroxyl groups excluding tert-OH is 1. The second kappa shape index (κ2) is 5.73. The molecule has 0 bridgehead atoms. The first kappa shape index (κ1) is 12.0. The summed E-state index contributed by atoms with van der Waals surface area (Å²) in [6.45, 7) is 2.47. The second-order valence-corrected chi connectivity index (χ2v) is 3.62. The van der Waals surface area contributed by atoms with E-state index in [1.807, 2.05) is 31.2 Å². The van der Waals surface area contributed by atoms with E-state index in [1.165, 1.54) is 0 Å². The first-order chi connectivity index (χ1) is 7.20. The topological polar surface area (TPSA) is 38.7 Å². The summed E-state index contributed by atoms with van der Waals surface area (Å²) in [5, 5.41) is 10.1. The fourth-order valence-corrected chi connectivity index (χ4v) is 1.57. The second-order valence-electron chi connectivity index (χ2n) is 3.62. The molecule has 0 heterocycles. The summed E-state index contributed by atoms with van der Waals surface area (Å²) in [5.41, 5.74) is 0.810. The summed E-state index contributed by atoms with van der Waals surface area (Å²) in [6.07, 6.45) is -0.555. The predicted octanol–water partition coefficient (Wildman–Crippen LogP) is 2.01. The molecule has 0 spiro atoms. The maximum atomic E-state index is 10.1. The van der Waals surface area contributed by atoms with Gasteiger partial charge in [0.25, 0.3) is 0 Å². The van der Waals surface area contributed by atoms with E-state index in [0.29, 0.717) is 12.4 Å². The van der Waals surface area contributed by atoms with Crippen LogP contribution in [0.3, 0.4) is 0 Å². The lowest BCUT2D eigenvalue weighted by Crippen LogP contribution is -2.15. The fourth-order valence-electron chi connectivity index (χ4n) is 1.57. The number of benzene rings is 1. The van der Waals surface area contributed by atoms with E-state index >= 15 is 0 Å². The molecule has 0 saturated carbocycles. The number of methoxy groups -OCH3 is 2. The van der Waals surface area contributed by atoms with Gasteiger partial charge < -0.3 is 14.6 Å². The lowest BCUT2D eigenvalue weighted by atomic mass is 9.97. The third-order valence-electron chi connectivity index (χ3n) is 2.43. The van der Waals surface area contributed by atoms with Gasteiger partial charge in [0.1, 0.15) is 5.75 Å². The van der Waals surface area contributed by atoms with Crippen molar-refractivity contribution in [2.24, 2.45) is 5.92 Å². The van der Waals surface area contributed by atoms with Crippen LogP contribution in [0.15, 0.2) is 24.3 Å². The molecule has 0 aliphatic heterocycles. The molecule has 15 heavy (non-hydrogen) atoms. The molecular weight excluding hydrogens is 192 g/mol. The highest BCUT2D eigenvalue weighted by atomic mass is 16.5. The molecule has 0 aliphatic rings. The highest BCUT2D eigenvalue weighted by Gasteiger charge is 2.19. The van der Waals surface area contributed by atoms with Crippen LogP contribution in [0, 0.1) is 5.92 Å². The Morgan fingerprint density at radius 3 is 2.53 bits per heavy atom. The SMILES string of the molecule is COCC(C)C(O)c1ccccc1OC. The Hall–Kier alpha value is -1.06. The van der Waals surface area contributed by atoms with Gasteiger partial charge in [0.05, 0.1) is 19.8 Å². The molecule has 0 aliphatic carbocycles. The van der Waals surface area contributed by atoms with Gasteiger partial charge in [0.2, 0.25) is 0 Å². The van der Waals surface area contributed by atoms with Crippen molar-refractivity contribution in [2.45, 2.75) is 13.0 Å². The maximum Gasteiger partial charge on any atom is 0.124 e. The Labute approximate surface area is 90.6 Å². The smallest absolute Gasteiger partial charge is 0.124 e. The minimum absolute atomic E-state index is 0.0475. The number of para-hydroxylation sites is 1. The van der Waals surface area contributed by atoms with Gasteiger partial charge >= 0.3 is 0 Å². The van der Waals surface area contributed by atoms with Crippen LogP contribution in [0.2, 0.25) is 0 Å². The van der Waals surface area contributed by atoms with E-state index in [2.05, 4.69) is 0 Å². The van der Waals surface area contributed by atoms with Crippen LogP contribution < -0.4 is 4.74 Å². The van der Waals surface area contributed by atoms with Crippen LogP contribution >= 0.6 is 0 Å². The molecule has 2 unspecified atom stereocenters. The van der Waals surface area contributed by atoms with Crippen LogP contribution in [0.4, 0.5) is 0 Å². The number of ether oxygens (including phenoxy) is 2. The van der Waals surface area contributed by atoms with Gasteiger partial charge in [0.15, 0.2) is 0 Å². The van der Waals surface area contributed by atoms with Crippen LogP contribution in [-0.4, -0.2) is 25.9 Å². The average molecular weight is 210 g/mol. The molecule has 0 amide bonds. The van der Waals surface area contributed by atoms with E-state index in [9.17, 15) is 5.11 Å². The van der Waals surface area contributed by atoms with Gasteiger partial charge in [-0.1, -0.05) is 25.1 Å². The molecule has 1 N–H and O–H groups in total. The monoisotopic (exact) mass is 210 g/mol. The molecule has 2 atom stereocenters. The quantitative estimate of drug-likeness (QED) is 0.808. The molecule has 3 nitrogen and oxygen atoms in total. The van der Waals surface area contributed by atoms with Gasteiger partial charge in [0, 0.05) is 18.6 Å². The van der Waals surface area contributed by atoms with Crippen molar-refractivity contribution in [2.75, 3.05) is 20.8 Å². The van der Waals surface area contributed by atoms with Crippen LogP contribution in [0.25, 0.3) is 0 Å². The van der Waals surface area contributed by atoms with Gasteiger partial charge in [-0.3, -0.25) is 0 Å². The Morgan fingerprint density at radius 2 is 1.93 bits per heavy atom. The molecule has 1 rings (SSSR count). The van der Waals surface area contributed by atoms with Crippen molar-refractivity contribution in [3.05, 3.63) is 29.8 Å². The normalized spacial score (nSPS) is 14.7. The van der Waals surface area contributed by atoms with Crippen molar-refractivity contribution in [1.29, 1.82) is 0 Å². The first-order valence-electron chi connectivity index (χ1n) is 5.00. The molecule has 0 saturated heterocycles. The van der Waals surface area contributed by atoms with Crippen LogP contribution in [-0.2, 0) is 4.74 Å². The summed E-state index contributed by atoms with van der Waals surface area (Å²) in [4.78, 5) is 0.